The second-order valence-corrected chi connectivity index (χ2v) is 7.85. The fourth-order valence-electron chi connectivity index (χ4n) is 3.19. The van der Waals surface area contributed by atoms with Crippen LogP contribution in [0.2, 0.25) is 0 Å². The van der Waals surface area contributed by atoms with Gasteiger partial charge < -0.3 is 14.4 Å². The lowest BCUT2D eigenvalue weighted by atomic mass is 10.1. The van der Waals surface area contributed by atoms with Crippen molar-refractivity contribution in [1.82, 2.24) is 0 Å². The highest BCUT2D eigenvalue weighted by Crippen LogP contribution is 2.33. The van der Waals surface area contributed by atoms with Crippen LogP contribution in [-0.2, 0) is 13.1 Å². The number of benzene rings is 3. The van der Waals surface area contributed by atoms with Crippen LogP contribution >= 0.6 is 15.9 Å². The zero-order valence-electron chi connectivity index (χ0n) is 19.1. The summed E-state index contributed by atoms with van der Waals surface area (Å²) in [4.78, 5) is 2.05. The van der Waals surface area contributed by atoms with Crippen LogP contribution in [0.5, 0.6) is 11.5 Å². The van der Waals surface area contributed by atoms with E-state index in [4.69, 9.17) is 9.47 Å². The summed E-state index contributed by atoms with van der Waals surface area (Å²) < 4.78 is 26.6. The van der Waals surface area contributed by atoms with E-state index < -0.39 is 0 Å². The van der Waals surface area contributed by atoms with Gasteiger partial charge in [-0.1, -0.05) is 54.0 Å². The van der Waals surface area contributed by atoms with E-state index >= 15 is 4.39 Å². The van der Waals surface area contributed by atoms with E-state index in [-0.39, 0.29) is 5.82 Å². The maximum atomic E-state index is 15.2. The van der Waals surface area contributed by atoms with Gasteiger partial charge in [0, 0.05) is 17.6 Å². The Morgan fingerprint density at radius 1 is 0.774 bits per heavy atom. The Bertz CT molecular complexity index is 923. The fourth-order valence-corrected chi connectivity index (χ4v) is 3.70. The summed E-state index contributed by atoms with van der Waals surface area (Å²) in [6.45, 7) is 8.88. The Hall–Kier alpha value is -2.53. The molecule has 0 aliphatic rings. The molecule has 5 heteroatoms. The van der Waals surface area contributed by atoms with E-state index in [9.17, 15) is 0 Å². The zero-order chi connectivity index (χ0) is 23.0. The summed E-state index contributed by atoms with van der Waals surface area (Å²) in [5.41, 5.74) is 4.30. The highest BCUT2D eigenvalue weighted by molar-refractivity contribution is 9.10. The van der Waals surface area contributed by atoms with Gasteiger partial charge in [-0.15, -0.1) is 0 Å². The van der Waals surface area contributed by atoms with Crippen LogP contribution in [0.15, 0.2) is 59.1 Å². The van der Waals surface area contributed by atoms with Crippen LogP contribution < -0.4 is 14.4 Å². The molecule has 0 fully saturated rings. The van der Waals surface area contributed by atoms with E-state index in [0.717, 1.165) is 32.7 Å². The molecule has 0 bridgehead atoms. The number of nitrogens with zero attached hydrogens (tertiary/aromatic N) is 1. The number of hydrogen-bond acceptors (Lipinski definition) is 3. The van der Waals surface area contributed by atoms with Crippen molar-refractivity contribution in [1.29, 1.82) is 0 Å². The molecule has 0 atom stereocenters. The third kappa shape index (κ3) is 6.23. The molecule has 0 unspecified atom stereocenters. The van der Waals surface area contributed by atoms with Crippen molar-refractivity contribution in [3.05, 3.63) is 87.1 Å². The van der Waals surface area contributed by atoms with Crippen molar-refractivity contribution in [2.24, 2.45) is 0 Å². The lowest BCUT2D eigenvalue weighted by Crippen LogP contribution is -2.23. The Morgan fingerprint density at radius 3 is 1.58 bits per heavy atom. The summed E-state index contributed by atoms with van der Waals surface area (Å²) in [5.74, 6) is 1.42. The SMILES string of the molecule is CC.COc1ccc(CN(Cc2ccc(OC)cc2)c2cc(Br)c(C)c(C)c2F)cc1. The summed E-state index contributed by atoms with van der Waals surface area (Å²) in [6.07, 6.45) is 0. The summed E-state index contributed by atoms with van der Waals surface area (Å²) in [6, 6.07) is 17.6. The Balaban J connectivity index is 0.00000166. The highest BCUT2D eigenvalue weighted by Gasteiger charge is 2.18. The van der Waals surface area contributed by atoms with Gasteiger partial charge in [0.05, 0.1) is 19.9 Å². The molecule has 0 saturated carbocycles. The minimum absolute atomic E-state index is 0.187. The second-order valence-electron chi connectivity index (χ2n) is 6.99. The van der Waals surface area contributed by atoms with Gasteiger partial charge in [0.15, 0.2) is 0 Å². The zero-order valence-corrected chi connectivity index (χ0v) is 20.7. The Kier molecular flexibility index (Phi) is 9.38. The van der Waals surface area contributed by atoms with Crippen LogP contribution in [0, 0.1) is 19.7 Å². The number of methoxy groups -OCH3 is 2. The lowest BCUT2D eigenvalue weighted by molar-refractivity contribution is 0.414. The van der Waals surface area contributed by atoms with E-state index in [2.05, 4.69) is 20.8 Å². The van der Waals surface area contributed by atoms with Gasteiger partial charge in [-0.05, 0) is 66.4 Å². The molecule has 0 spiro atoms. The van der Waals surface area contributed by atoms with Gasteiger partial charge in [0.2, 0.25) is 0 Å². The smallest absolute Gasteiger partial charge is 0.149 e. The van der Waals surface area contributed by atoms with Crippen molar-refractivity contribution in [2.45, 2.75) is 40.8 Å². The van der Waals surface area contributed by atoms with Gasteiger partial charge in [-0.2, -0.15) is 0 Å². The van der Waals surface area contributed by atoms with Gasteiger partial charge in [0.1, 0.15) is 17.3 Å². The van der Waals surface area contributed by atoms with Crippen molar-refractivity contribution >= 4 is 21.6 Å². The Labute approximate surface area is 193 Å². The molecule has 3 aromatic rings. The van der Waals surface area contributed by atoms with Gasteiger partial charge >= 0.3 is 0 Å². The van der Waals surface area contributed by atoms with Gasteiger partial charge in [-0.3, -0.25) is 0 Å². The van der Waals surface area contributed by atoms with Crippen LogP contribution in [-0.4, -0.2) is 14.2 Å². The quantitative estimate of drug-likeness (QED) is 0.345. The van der Waals surface area contributed by atoms with E-state index in [1.807, 2.05) is 82.3 Å². The molecule has 0 saturated heterocycles. The standard InChI is InChI=1S/C24H25BrFNO2.C2H6/c1-16-17(2)24(26)23(13-22(16)25)27(14-18-5-9-20(28-3)10-6-18)15-19-7-11-21(29-4)12-8-19;1-2/h5-13H,14-15H2,1-4H3;1-2H3. The van der Waals surface area contributed by atoms with E-state index in [1.165, 1.54) is 0 Å². The average molecular weight is 488 g/mol. The van der Waals surface area contributed by atoms with Crippen molar-refractivity contribution in [3.63, 3.8) is 0 Å². The van der Waals surface area contributed by atoms with Crippen LogP contribution in [0.4, 0.5) is 10.1 Å². The van der Waals surface area contributed by atoms with E-state index in [1.54, 1.807) is 14.2 Å². The Morgan fingerprint density at radius 2 is 1.19 bits per heavy atom. The number of anilines is 1. The van der Waals surface area contributed by atoms with Crippen molar-refractivity contribution in [3.8, 4) is 11.5 Å². The summed E-state index contributed by atoms with van der Waals surface area (Å²) in [5, 5.41) is 0. The molecule has 0 radical (unpaired) electrons. The fraction of sp³-hybridized carbons (Fsp3) is 0.308. The first-order chi connectivity index (χ1) is 14.9. The third-order valence-corrected chi connectivity index (χ3v) is 5.97. The molecule has 166 valence electrons. The third-order valence-electron chi connectivity index (χ3n) is 5.14. The molecule has 0 heterocycles. The van der Waals surface area contributed by atoms with Crippen LogP contribution in [0.3, 0.4) is 0 Å². The maximum absolute atomic E-state index is 15.2. The first kappa shape index (κ1) is 24.7. The van der Waals surface area contributed by atoms with E-state index in [0.29, 0.717) is 24.3 Å². The molecule has 0 aromatic heterocycles. The number of ether oxygens (including phenoxy) is 2. The topological polar surface area (TPSA) is 21.7 Å². The lowest BCUT2D eigenvalue weighted by Gasteiger charge is -2.27. The summed E-state index contributed by atoms with van der Waals surface area (Å²) >= 11 is 3.58. The first-order valence-electron chi connectivity index (χ1n) is 10.4. The van der Waals surface area contributed by atoms with Crippen LogP contribution in [0.25, 0.3) is 0 Å². The number of halogens is 2. The molecule has 31 heavy (non-hydrogen) atoms. The molecule has 3 rings (SSSR count). The molecular formula is C26H31BrFNO2. The van der Waals surface area contributed by atoms with Gasteiger partial charge in [-0.25, -0.2) is 4.39 Å². The molecule has 0 aliphatic carbocycles. The predicted octanol–water partition coefficient (Wildman–Crippen LogP) is 7.46. The molecular weight excluding hydrogens is 457 g/mol. The molecule has 3 nitrogen and oxygen atoms in total. The minimum atomic E-state index is -0.187. The van der Waals surface area contributed by atoms with Crippen molar-refractivity contribution in [2.75, 3.05) is 19.1 Å². The number of hydrogen-bond donors (Lipinski definition) is 0. The van der Waals surface area contributed by atoms with Crippen LogP contribution in [0.1, 0.15) is 36.1 Å². The molecule has 0 aliphatic heterocycles. The molecule has 0 N–H and O–H groups in total. The monoisotopic (exact) mass is 487 g/mol. The average Bonchev–Trinajstić information content (AvgIpc) is 2.82. The predicted molar refractivity (Wildman–Crippen MR) is 131 cm³/mol. The summed E-state index contributed by atoms with van der Waals surface area (Å²) in [7, 11) is 3.29. The second kappa shape index (κ2) is 11.8. The highest BCUT2D eigenvalue weighted by atomic mass is 79.9. The minimum Gasteiger partial charge on any atom is -0.497 e. The number of rotatable bonds is 7. The normalized spacial score (nSPS) is 10.2. The largest absolute Gasteiger partial charge is 0.497 e. The molecule has 0 amide bonds. The van der Waals surface area contributed by atoms with Crippen molar-refractivity contribution < 1.29 is 13.9 Å². The first-order valence-corrected chi connectivity index (χ1v) is 11.2. The molecule has 3 aromatic carbocycles. The van der Waals surface area contributed by atoms with Gasteiger partial charge in [0.25, 0.3) is 0 Å². The maximum Gasteiger partial charge on any atom is 0.149 e.